The van der Waals surface area contributed by atoms with Crippen molar-refractivity contribution in [2.24, 2.45) is 10.9 Å². The molecule has 0 aliphatic carbocycles. The third-order valence-electron chi connectivity index (χ3n) is 2.82. The first-order chi connectivity index (χ1) is 8.51. The van der Waals surface area contributed by atoms with Crippen LogP contribution in [0.25, 0.3) is 0 Å². The zero-order valence-electron chi connectivity index (χ0n) is 13.1. The Labute approximate surface area is 113 Å². The van der Waals surface area contributed by atoms with Crippen LogP contribution >= 0.6 is 0 Å². The van der Waals surface area contributed by atoms with E-state index in [4.69, 9.17) is 0 Å². The van der Waals surface area contributed by atoms with Crippen molar-refractivity contribution >= 4 is 5.96 Å². The van der Waals surface area contributed by atoms with Crippen LogP contribution < -0.4 is 10.6 Å². The molecule has 108 valence electrons. The van der Waals surface area contributed by atoms with Gasteiger partial charge in [0.25, 0.3) is 0 Å². The van der Waals surface area contributed by atoms with Gasteiger partial charge >= 0.3 is 0 Å². The van der Waals surface area contributed by atoms with Crippen LogP contribution in [-0.2, 0) is 0 Å². The first kappa shape index (κ1) is 17.2. The van der Waals surface area contributed by atoms with Crippen LogP contribution in [0, 0.1) is 5.92 Å². The summed E-state index contributed by atoms with van der Waals surface area (Å²) >= 11 is 0. The zero-order chi connectivity index (χ0) is 14.0. The van der Waals surface area contributed by atoms with Crippen molar-refractivity contribution in [2.75, 3.05) is 33.7 Å². The number of nitrogens with one attached hydrogen (secondary N) is 2. The highest BCUT2D eigenvalue weighted by Crippen LogP contribution is 2.09. The van der Waals surface area contributed by atoms with Crippen molar-refractivity contribution in [3.05, 3.63) is 0 Å². The van der Waals surface area contributed by atoms with Crippen molar-refractivity contribution in [1.29, 1.82) is 0 Å². The number of nitrogens with zero attached hydrogens (tertiary/aromatic N) is 2. The zero-order valence-corrected chi connectivity index (χ0v) is 13.1. The highest BCUT2D eigenvalue weighted by atomic mass is 15.2. The molecule has 18 heavy (non-hydrogen) atoms. The number of guanidine groups is 1. The van der Waals surface area contributed by atoms with E-state index >= 15 is 0 Å². The molecule has 0 spiro atoms. The largest absolute Gasteiger partial charge is 0.357 e. The highest BCUT2D eigenvalue weighted by molar-refractivity contribution is 5.79. The van der Waals surface area contributed by atoms with Gasteiger partial charge < -0.3 is 15.5 Å². The van der Waals surface area contributed by atoms with Gasteiger partial charge in [-0.05, 0) is 39.8 Å². The number of likely N-dealkylation sites (N-methyl/N-ethyl adjacent to an activating group) is 1. The summed E-state index contributed by atoms with van der Waals surface area (Å²) < 4.78 is 0. The van der Waals surface area contributed by atoms with Crippen molar-refractivity contribution in [3.63, 3.8) is 0 Å². The fourth-order valence-electron chi connectivity index (χ4n) is 1.77. The summed E-state index contributed by atoms with van der Waals surface area (Å²) in [6.45, 7) is 11.5. The molecule has 4 heteroatoms. The molecule has 0 aromatic carbocycles. The van der Waals surface area contributed by atoms with Gasteiger partial charge in [-0.2, -0.15) is 0 Å². The van der Waals surface area contributed by atoms with Gasteiger partial charge in [0, 0.05) is 19.1 Å². The topological polar surface area (TPSA) is 39.7 Å². The minimum absolute atomic E-state index is 0.516. The SMILES string of the molecule is CCCNC(=NCC(CC(C)C)N(C)C)NCC. The van der Waals surface area contributed by atoms with Gasteiger partial charge in [0.15, 0.2) is 5.96 Å². The van der Waals surface area contributed by atoms with Crippen molar-refractivity contribution < 1.29 is 0 Å². The maximum absolute atomic E-state index is 4.68. The Bertz CT molecular complexity index is 224. The Hall–Kier alpha value is -0.770. The summed E-state index contributed by atoms with van der Waals surface area (Å²) in [5.41, 5.74) is 0. The first-order valence-electron chi connectivity index (χ1n) is 7.19. The number of hydrogen-bond donors (Lipinski definition) is 2. The molecule has 0 amide bonds. The fourth-order valence-corrected chi connectivity index (χ4v) is 1.77. The lowest BCUT2D eigenvalue weighted by Crippen LogP contribution is -2.39. The van der Waals surface area contributed by atoms with Gasteiger partial charge in [-0.3, -0.25) is 4.99 Å². The summed E-state index contributed by atoms with van der Waals surface area (Å²) in [5, 5.41) is 6.62. The molecule has 0 aromatic rings. The summed E-state index contributed by atoms with van der Waals surface area (Å²) in [6.07, 6.45) is 2.30. The Morgan fingerprint density at radius 3 is 2.28 bits per heavy atom. The van der Waals surface area contributed by atoms with Gasteiger partial charge in [0.2, 0.25) is 0 Å². The molecule has 1 unspecified atom stereocenters. The molecule has 0 saturated carbocycles. The second-order valence-corrected chi connectivity index (χ2v) is 5.39. The molecule has 2 N–H and O–H groups in total. The molecular weight excluding hydrogens is 224 g/mol. The van der Waals surface area contributed by atoms with E-state index in [2.05, 4.69) is 62.3 Å². The predicted octanol–water partition coefficient (Wildman–Crippen LogP) is 1.93. The number of rotatable bonds is 8. The van der Waals surface area contributed by atoms with E-state index in [1.807, 2.05) is 0 Å². The average molecular weight is 256 g/mol. The van der Waals surface area contributed by atoms with Crippen molar-refractivity contribution in [2.45, 2.75) is 46.6 Å². The molecule has 0 aromatic heterocycles. The smallest absolute Gasteiger partial charge is 0.191 e. The number of hydrogen-bond acceptors (Lipinski definition) is 2. The van der Waals surface area contributed by atoms with E-state index < -0.39 is 0 Å². The second kappa shape index (κ2) is 10.2. The average Bonchev–Trinajstić information content (AvgIpc) is 2.30. The van der Waals surface area contributed by atoms with Crippen LogP contribution in [0.5, 0.6) is 0 Å². The quantitative estimate of drug-likeness (QED) is 0.515. The molecule has 4 nitrogen and oxygen atoms in total. The van der Waals surface area contributed by atoms with Crippen molar-refractivity contribution in [3.8, 4) is 0 Å². The van der Waals surface area contributed by atoms with E-state index in [0.717, 1.165) is 32.0 Å². The second-order valence-electron chi connectivity index (χ2n) is 5.39. The third kappa shape index (κ3) is 8.34. The first-order valence-corrected chi connectivity index (χ1v) is 7.19. The van der Waals surface area contributed by atoms with Crippen LogP contribution in [0.3, 0.4) is 0 Å². The molecule has 0 bridgehead atoms. The van der Waals surface area contributed by atoms with Gasteiger partial charge in [0.05, 0.1) is 6.54 Å². The lowest BCUT2D eigenvalue weighted by molar-refractivity contribution is 0.261. The minimum Gasteiger partial charge on any atom is -0.357 e. The van der Waals surface area contributed by atoms with E-state index in [1.165, 1.54) is 6.42 Å². The Morgan fingerprint density at radius 1 is 1.17 bits per heavy atom. The normalized spacial score (nSPS) is 14.1. The Morgan fingerprint density at radius 2 is 1.83 bits per heavy atom. The van der Waals surface area contributed by atoms with Gasteiger partial charge in [-0.15, -0.1) is 0 Å². The monoisotopic (exact) mass is 256 g/mol. The maximum Gasteiger partial charge on any atom is 0.191 e. The maximum atomic E-state index is 4.68. The molecule has 0 heterocycles. The fraction of sp³-hybridized carbons (Fsp3) is 0.929. The molecule has 0 radical (unpaired) electrons. The Kier molecular flexibility index (Phi) is 9.74. The molecule has 0 aliphatic heterocycles. The molecule has 0 rings (SSSR count). The molecule has 0 saturated heterocycles. The lowest BCUT2D eigenvalue weighted by atomic mass is 10.0. The van der Waals surface area contributed by atoms with Crippen LogP contribution in [0.4, 0.5) is 0 Å². The summed E-state index contributed by atoms with van der Waals surface area (Å²) in [4.78, 5) is 6.95. The molecule has 0 aliphatic rings. The van der Waals surface area contributed by atoms with Crippen molar-refractivity contribution in [1.82, 2.24) is 15.5 Å². The highest BCUT2D eigenvalue weighted by Gasteiger charge is 2.12. The minimum atomic E-state index is 0.516. The predicted molar refractivity (Wildman–Crippen MR) is 81.2 cm³/mol. The summed E-state index contributed by atoms with van der Waals surface area (Å²) in [6, 6.07) is 0.516. The van der Waals surface area contributed by atoms with E-state index in [1.54, 1.807) is 0 Å². The van der Waals surface area contributed by atoms with Gasteiger partial charge in [-0.1, -0.05) is 20.8 Å². The molecule has 0 fully saturated rings. The number of aliphatic imine (C=N–C) groups is 1. The van der Waals surface area contributed by atoms with E-state index in [9.17, 15) is 0 Å². The lowest BCUT2D eigenvalue weighted by Gasteiger charge is -2.24. The van der Waals surface area contributed by atoms with Crippen LogP contribution in [0.1, 0.15) is 40.5 Å². The third-order valence-corrected chi connectivity index (χ3v) is 2.82. The Balaban J connectivity index is 4.37. The summed E-state index contributed by atoms with van der Waals surface area (Å²) in [7, 11) is 4.27. The van der Waals surface area contributed by atoms with E-state index in [-0.39, 0.29) is 0 Å². The van der Waals surface area contributed by atoms with Crippen LogP contribution in [0.15, 0.2) is 4.99 Å². The van der Waals surface area contributed by atoms with Gasteiger partial charge in [0.1, 0.15) is 0 Å². The van der Waals surface area contributed by atoms with E-state index in [0.29, 0.717) is 12.0 Å². The molecular formula is C14H32N4. The van der Waals surface area contributed by atoms with Crippen LogP contribution in [0.2, 0.25) is 0 Å². The van der Waals surface area contributed by atoms with Gasteiger partial charge in [-0.25, -0.2) is 0 Å². The van der Waals surface area contributed by atoms with Crippen LogP contribution in [-0.4, -0.2) is 50.6 Å². The standard InChI is InChI=1S/C14H32N4/c1-7-9-16-14(15-8-2)17-11-13(18(5)6)10-12(3)4/h12-13H,7-11H2,1-6H3,(H2,15,16,17). The summed E-state index contributed by atoms with van der Waals surface area (Å²) in [5.74, 6) is 1.65. The molecule has 1 atom stereocenters.